The number of nitrogens with zero attached hydrogens (tertiary/aromatic N) is 2. The average molecular weight is 517 g/mol. The van der Waals surface area contributed by atoms with Crippen LogP contribution in [0.15, 0.2) is 77.4 Å². The Hall–Kier alpha value is -3.32. The Kier molecular flexibility index (Phi) is 17.0. The summed E-state index contributed by atoms with van der Waals surface area (Å²) in [4.78, 5) is 13.3. The van der Waals surface area contributed by atoms with E-state index < -0.39 is 5.97 Å². The second-order valence-corrected chi connectivity index (χ2v) is 10.2. The fourth-order valence-corrected chi connectivity index (χ4v) is 4.25. The van der Waals surface area contributed by atoms with Crippen LogP contribution in [0.4, 0.5) is 5.69 Å². The number of aliphatic carboxylic acids is 1. The number of carboxylic acids is 1. The predicted molar refractivity (Wildman–Crippen MR) is 163 cm³/mol. The maximum atomic E-state index is 10.9. The summed E-state index contributed by atoms with van der Waals surface area (Å²) in [5, 5.41) is 17.8. The molecule has 206 valence electrons. The summed E-state index contributed by atoms with van der Waals surface area (Å²) >= 11 is 0. The first-order valence-corrected chi connectivity index (χ1v) is 14.1. The Morgan fingerprint density at radius 3 is 1.84 bits per heavy atom. The van der Waals surface area contributed by atoms with Crippen molar-refractivity contribution in [2.45, 2.75) is 91.9 Å². The maximum absolute atomic E-state index is 10.9. The van der Waals surface area contributed by atoms with Crippen molar-refractivity contribution in [3.05, 3.63) is 83.0 Å². The monoisotopic (exact) mass is 516 g/mol. The molecule has 0 heterocycles. The Morgan fingerprint density at radius 1 is 0.842 bits per heavy atom. The summed E-state index contributed by atoms with van der Waals surface area (Å²) < 4.78 is 0. The van der Waals surface area contributed by atoms with Crippen molar-refractivity contribution in [3.8, 4) is 6.07 Å². The first kappa shape index (κ1) is 32.7. The van der Waals surface area contributed by atoms with Gasteiger partial charge in [-0.2, -0.15) is 5.26 Å². The minimum Gasteiger partial charge on any atom is -0.477 e. The fourth-order valence-electron chi connectivity index (χ4n) is 4.25. The zero-order valence-corrected chi connectivity index (χ0v) is 24.3. The lowest BCUT2D eigenvalue weighted by atomic mass is 10.0. The Balaban J connectivity index is 2.50. The minimum atomic E-state index is -1.21. The Bertz CT molecular complexity index is 1030. The summed E-state index contributed by atoms with van der Waals surface area (Å²) in [6.45, 7) is 9.31. The predicted octanol–water partition coefficient (Wildman–Crippen LogP) is 9.43. The molecule has 0 aliphatic rings. The highest BCUT2D eigenvalue weighted by Gasteiger charge is 2.04. The van der Waals surface area contributed by atoms with Gasteiger partial charge in [-0.1, -0.05) is 113 Å². The van der Waals surface area contributed by atoms with Gasteiger partial charge in [0.15, 0.2) is 0 Å². The molecule has 0 aliphatic heterocycles. The van der Waals surface area contributed by atoms with Gasteiger partial charge in [-0.15, -0.1) is 0 Å². The molecule has 0 fully saturated rings. The van der Waals surface area contributed by atoms with Gasteiger partial charge in [-0.3, -0.25) is 0 Å². The van der Waals surface area contributed by atoms with Crippen LogP contribution >= 0.6 is 0 Å². The zero-order chi connectivity index (χ0) is 28.2. The van der Waals surface area contributed by atoms with Crippen molar-refractivity contribution in [2.75, 3.05) is 18.5 Å². The van der Waals surface area contributed by atoms with E-state index in [1.54, 1.807) is 19.1 Å². The molecule has 1 rings (SSSR count). The highest BCUT2D eigenvalue weighted by Crippen LogP contribution is 2.21. The van der Waals surface area contributed by atoms with Crippen LogP contribution in [0, 0.1) is 11.3 Å². The molecule has 0 aromatic heterocycles. The van der Waals surface area contributed by atoms with E-state index in [9.17, 15) is 4.79 Å². The summed E-state index contributed by atoms with van der Waals surface area (Å²) in [6.07, 6.45) is 24.7. The van der Waals surface area contributed by atoms with Gasteiger partial charge in [0.1, 0.15) is 11.6 Å². The van der Waals surface area contributed by atoms with Gasteiger partial charge >= 0.3 is 5.97 Å². The van der Waals surface area contributed by atoms with Gasteiger partial charge in [-0.25, -0.2) is 4.79 Å². The van der Waals surface area contributed by atoms with E-state index in [0.717, 1.165) is 12.1 Å². The number of hydrogen-bond acceptors (Lipinski definition) is 3. The minimum absolute atomic E-state index is 0.270. The second kappa shape index (κ2) is 19.7. The molecule has 0 amide bonds. The number of rotatable bonds is 18. The van der Waals surface area contributed by atoms with Gasteiger partial charge < -0.3 is 10.0 Å². The molecular weight excluding hydrogens is 468 g/mol. The van der Waals surface area contributed by atoms with Gasteiger partial charge in [0, 0.05) is 19.3 Å². The largest absolute Gasteiger partial charge is 0.477 e. The molecule has 4 nitrogen and oxygen atoms in total. The fraction of sp³-hybridized carbons (Fsp3) is 0.471. The van der Waals surface area contributed by atoms with Crippen molar-refractivity contribution >= 4 is 17.2 Å². The van der Waals surface area contributed by atoms with Crippen LogP contribution in [0.2, 0.25) is 0 Å². The highest BCUT2D eigenvalue weighted by atomic mass is 16.4. The van der Waals surface area contributed by atoms with E-state index in [1.807, 2.05) is 18.2 Å². The van der Waals surface area contributed by atoms with E-state index in [0.29, 0.717) is 5.57 Å². The van der Waals surface area contributed by atoms with Crippen molar-refractivity contribution in [3.63, 3.8) is 0 Å². The Morgan fingerprint density at radius 2 is 1.34 bits per heavy atom. The topological polar surface area (TPSA) is 64.3 Å². The number of benzene rings is 1. The van der Waals surface area contributed by atoms with E-state index in [1.165, 1.54) is 87.1 Å². The van der Waals surface area contributed by atoms with E-state index >= 15 is 0 Å². The quantitative estimate of drug-likeness (QED) is 0.0913. The molecule has 0 saturated heterocycles. The van der Waals surface area contributed by atoms with Crippen LogP contribution < -0.4 is 4.90 Å². The number of allylic oxidation sites excluding steroid dienone is 9. The molecule has 1 N–H and O–H groups in total. The lowest BCUT2D eigenvalue weighted by Gasteiger charge is -2.19. The number of hydrogen-bond donors (Lipinski definition) is 1. The van der Waals surface area contributed by atoms with Crippen LogP contribution in [-0.4, -0.2) is 24.7 Å². The number of nitriles is 1. The van der Waals surface area contributed by atoms with Crippen LogP contribution in [0.5, 0.6) is 0 Å². The van der Waals surface area contributed by atoms with Crippen LogP contribution in [0.1, 0.15) is 97.5 Å². The van der Waals surface area contributed by atoms with E-state index in [2.05, 4.69) is 63.1 Å². The number of carbonyl (C=O) groups is 1. The van der Waals surface area contributed by atoms with E-state index in [-0.39, 0.29) is 5.57 Å². The van der Waals surface area contributed by atoms with Crippen LogP contribution in [0.25, 0.3) is 5.57 Å². The molecule has 38 heavy (non-hydrogen) atoms. The third-order valence-corrected chi connectivity index (χ3v) is 6.61. The first-order valence-electron chi connectivity index (χ1n) is 14.1. The van der Waals surface area contributed by atoms with E-state index in [4.69, 9.17) is 10.4 Å². The summed E-state index contributed by atoms with van der Waals surface area (Å²) in [5.41, 5.74) is 5.21. The Labute approximate surface area is 231 Å². The van der Waals surface area contributed by atoms with Crippen LogP contribution in [-0.2, 0) is 4.79 Å². The van der Waals surface area contributed by atoms with Gasteiger partial charge in [0.25, 0.3) is 0 Å². The lowest BCUT2D eigenvalue weighted by molar-refractivity contribution is -0.132. The SMILES string of the molecule is CCCCCCCCCCCCN(C)c1ccc(C(C)=CC(C)=CC=CC=C(C)C=C(C#N)C(=O)O)cc1. The van der Waals surface area contributed by atoms with Gasteiger partial charge in [0.2, 0.25) is 0 Å². The van der Waals surface area contributed by atoms with Gasteiger partial charge in [0.05, 0.1) is 0 Å². The van der Waals surface area contributed by atoms with Gasteiger partial charge in [-0.05, 0) is 62.1 Å². The summed E-state index contributed by atoms with van der Waals surface area (Å²) in [6, 6.07) is 10.5. The van der Waals surface area contributed by atoms with Crippen molar-refractivity contribution in [1.82, 2.24) is 0 Å². The maximum Gasteiger partial charge on any atom is 0.346 e. The number of unbranched alkanes of at least 4 members (excludes halogenated alkanes) is 9. The zero-order valence-electron chi connectivity index (χ0n) is 24.3. The summed E-state index contributed by atoms with van der Waals surface area (Å²) in [5.74, 6) is -1.21. The first-order chi connectivity index (χ1) is 18.3. The smallest absolute Gasteiger partial charge is 0.346 e. The molecule has 4 heteroatoms. The summed E-state index contributed by atoms with van der Waals surface area (Å²) in [7, 11) is 2.18. The van der Waals surface area contributed by atoms with Crippen molar-refractivity contribution < 1.29 is 9.90 Å². The normalized spacial score (nSPS) is 13.2. The molecule has 0 unspecified atom stereocenters. The van der Waals surface area contributed by atoms with Crippen molar-refractivity contribution in [1.29, 1.82) is 5.26 Å². The lowest BCUT2D eigenvalue weighted by Crippen LogP contribution is -2.18. The highest BCUT2D eigenvalue weighted by molar-refractivity contribution is 5.91. The standard InChI is InChI=1S/C34H48N2O2/c1-6-7-8-9-10-11-12-13-14-17-24-36(5)33-22-20-31(21-23-33)30(4)25-28(2)18-15-16-19-29(3)26-32(27-35)34(37)38/h15-16,18-23,25-26H,6-14,17,24H2,1-5H3,(H,37,38). The third-order valence-electron chi connectivity index (χ3n) is 6.61. The molecule has 1 aromatic carbocycles. The molecule has 0 atom stereocenters. The third kappa shape index (κ3) is 14.4. The van der Waals surface area contributed by atoms with Crippen molar-refractivity contribution in [2.24, 2.45) is 0 Å². The molecule has 0 saturated carbocycles. The van der Waals surface area contributed by atoms with Crippen LogP contribution in [0.3, 0.4) is 0 Å². The second-order valence-electron chi connectivity index (χ2n) is 10.2. The average Bonchev–Trinajstić information content (AvgIpc) is 2.90. The molecule has 0 spiro atoms. The molecule has 0 radical (unpaired) electrons. The molecule has 0 aliphatic carbocycles. The number of anilines is 1. The molecule has 1 aromatic rings. The molecular formula is C34H48N2O2. The number of carboxylic acid groups (broad SMARTS) is 1. The molecule has 0 bridgehead atoms.